The fourth-order valence-corrected chi connectivity index (χ4v) is 2.73. The lowest BCUT2D eigenvalue weighted by Gasteiger charge is -2.21. The van der Waals surface area contributed by atoms with E-state index < -0.39 is 29.7 Å². The van der Waals surface area contributed by atoms with Gasteiger partial charge in [-0.05, 0) is 31.5 Å². The number of aliphatic hydroxyl groups is 1. The second kappa shape index (κ2) is 6.14. The van der Waals surface area contributed by atoms with Gasteiger partial charge in [0.1, 0.15) is 12.7 Å². The van der Waals surface area contributed by atoms with Crippen LogP contribution in [0.1, 0.15) is 19.4 Å². The van der Waals surface area contributed by atoms with E-state index in [1.807, 2.05) is 24.3 Å². The van der Waals surface area contributed by atoms with Crippen molar-refractivity contribution >= 4 is 21.9 Å². The molecule has 7 heteroatoms. The Labute approximate surface area is 142 Å². The zero-order valence-corrected chi connectivity index (χ0v) is 14.3. The molecule has 2 heterocycles. The number of ether oxygens (including phenoxy) is 4. The third-order valence-corrected chi connectivity index (χ3v) is 4.12. The second-order valence-corrected chi connectivity index (χ2v) is 6.74. The molecule has 0 amide bonds. The standard InChI is InChI=1S/C16H17BrO6/c1-16(2)21-8-11(23-16)13-14(12(18)15(19)22-13)20-7-9-3-5-10(17)6-4-9/h3-6,11,13,18H,7-8H2,1-2H3. The number of hydrogen-bond donors (Lipinski definition) is 1. The molecule has 0 bridgehead atoms. The van der Waals surface area contributed by atoms with Gasteiger partial charge in [0.25, 0.3) is 0 Å². The molecular formula is C16H17BrO6. The van der Waals surface area contributed by atoms with E-state index in [0.717, 1.165) is 10.0 Å². The third-order valence-electron chi connectivity index (χ3n) is 3.59. The van der Waals surface area contributed by atoms with Crippen LogP contribution in [0.25, 0.3) is 0 Å². The Hall–Kier alpha value is -1.57. The molecule has 1 aromatic rings. The predicted molar refractivity (Wildman–Crippen MR) is 83.4 cm³/mol. The van der Waals surface area contributed by atoms with E-state index in [4.69, 9.17) is 18.9 Å². The van der Waals surface area contributed by atoms with Gasteiger partial charge >= 0.3 is 5.97 Å². The van der Waals surface area contributed by atoms with Gasteiger partial charge in [-0.1, -0.05) is 28.1 Å². The van der Waals surface area contributed by atoms with E-state index in [-0.39, 0.29) is 19.0 Å². The molecule has 2 atom stereocenters. The highest BCUT2D eigenvalue weighted by Crippen LogP contribution is 2.33. The van der Waals surface area contributed by atoms with Crippen LogP contribution in [-0.4, -0.2) is 35.7 Å². The van der Waals surface area contributed by atoms with Crippen molar-refractivity contribution in [1.29, 1.82) is 0 Å². The van der Waals surface area contributed by atoms with Gasteiger partial charge in [0, 0.05) is 4.47 Å². The van der Waals surface area contributed by atoms with Crippen LogP contribution < -0.4 is 0 Å². The molecule has 2 aliphatic rings. The maximum atomic E-state index is 11.7. The number of halogens is 1. The Morgan fingerprint density at radius 3 is 2.65 bits per heavy atom. The van der Waals surface area contributed by atoms with E-state index in [2.05, 4.69) is 15.9 Å². The molecule has 1 fully saturated rings. The average Bonchev–Trinajstić information content (AvgIpc) is 3.00. The van der Waals surface area contributed by atoms with Crippen molar-refractivity contribution in [3.63, 3.8) is 0 Å². The van der Waals surface area contributed by atoms with Crippen molar-refractivity contribution in [2.45, 2.75) is 38.4 Å². The van der Waals surface area contributed by atoms with Gasteiger partial charge in [0.05, 0.1) is 6.61 Å². The van der Waals surface area contributed by atoms with Crippen molar-refractivity contribution in [2.24, 2.45) is 0 Å². The summed E-state index contributed by atoms with van der Waals surface area (Å²) in [6.45, 7) is 4.01. The number of carbonyl (C=O) groups is 1. The monoisotopic (exact) mass is 384 g/mol. The minimum atomic E-state index is -0.811. The maximum Gasteiger partial charge on any atom is 0.378 e. The van der Waals surface area contributed by atoms with Crippen LogP contribution in [0.4, 0.5) is 0 Å². The first-order valence-corrected chi connectivity index (χ1v) is 7.98. The number of hydrogen-bond acceptors (Lipinski definition) is 6. The van der Waals surface area contributed by atoms with E-state index in [1.165, 1.54) is 0 Å². The summed E-state index contributed by atoms with van der Waals surface area (Å²) in [6.07, 6.45) is -1.32. The molecule has 1 aromatic carbocycles. The summed E-state index contributed by atoms with van der Waals surface area (Å²) >= 11 is 3.36. The van der Waals surface area contributed by atoms with Crippen molar-refractivity contribution in [3.8, 4) is 0 Å². The second-order valence-electron chi connectivity index (χ2n) is 5.82. The van der Waals surface area contributed by atoms with Gasteiger partial charge in [-0.25, -0.2) is 4.79 Å². The molecule has 3 rings (SSSR count). The molecule has 23 heavy (non-hydrogen) atoms. The summed E-state index contributed by atoms with van der Waals surface area (Å²) in [5.74, 6) is -2.00. The lowest BCUT2D eigenvalue weighted by Crippen LogP contribution is -2.33. The average molecular weight is 385 g/mol. The molecule has 0 aromatic heterocycles. The van der Waals surface area contributed by atoms with Crippen molar-refractivity contribution in [3.05, 3.63) is 45.8 Å². The van der Waals surface area contributed by atoms with E-state index in [0.29, 0.717) is 0 Å². The summed E-state index contributed by atoms with van der Waals surface area (Å²) in [7, 11) is 0. The normalized spacial score (nSPS) is 26.5. The SMILES string of the molecule is CC1(C)OCC(C2OC(=O)C(O)=C2OCc2ccc(Br)cc2)O1. The molecule has 1 N–H and O–H groups in total. The largest absolute Gasteiger partial charge is 0.499 e. The number of carbonyl (C=O) groups excluding carboxylic acids is 1. The van der Waals surface area contributed by atoms with Gasteiger partial charge < -0.3 is 24.1 Å². The van der Waals surface area contributed by atoms with E-state index in [1.54, 1.807) is 13.8 Å². The van der Waals surface area contributed by atoms with Crippen molar-refractivity contribution < 1.29 is 28.8 Å². The maximum absolute atomic E-state index is 11.7. The fourth-order valence-electron chi connectivity index (χ4n) is 2.46. The van der Waals surface area contributed by atoms with Gasteiger partial charge in [-0.2, -0.15) is 0 Å². The highest BCUT2D eigenvalue weighted by Gasteiger charge is 2.47. The number of esters is 1. The summed E-state index contributed by atoms with van der Waals surface area (Å²) in [5.41, 5.74) is 0.899. The quantitative estimate of drug-likeness (QED) is 0.804. The first-order chi connectivity index (χ1) is 10.9. The molecule has 0 saturated carbocycles. The molecule has 6 nitrogen and oxygen atoms in total. The summed E-state index contributed by atoms with van der Waals surface area (Å²) in [5, 5.41) is 9.92. The predicted octanol–water partition coefficient (Wildman–Crippen LogP) is 2.81. The van der Waals surface area contributed by atoms with Crippen LogP contribution in [0.3, 0.4) is 0 Å². The van der Waals surface area contributed by atoms with Gasteiger partial charge in [0.2, 0.25) is 5.76 Å². The number of cyclic esters (lactones) is 1. The highest BCUT2D eigenvalue weighted by atomic mass is 79.9. The molecule has 0 spiro atoms. The highest BCUT2D eigenvalue weighted by molar-refractivity contribution is 9.10. The zero-order valence-electron chi connectivity index (χ0n) is 12.7. The van der Waals surface area contributed by atoms with Crippen LogP contribution >= 0.6 is 15.9 Å². The first kappa shape index (κ1) is 16.3. The van der Waals surface area contributed by atoms with Crippen LogP contribution in [0.15, 0.2) is 40.3 Å². The topological polar surface area (TPSA) is 74.2 Å². The fraction of sp³-hybridized carbons (Fsp3) is 0.438. The Morgan fingerprint density at radius 2 is 2.04 bits per heavy atom. The summed E-state index contributed by atoms with van der Waals surface area (Å²) in [4.78, 5) is 11.7. The molecule has 2 aliphatic heterocycles. The van der Waals surface area contributed by atoms with Gasteiger partial charge in [-0.3, -0.25) is 0 Å². The van der Waals surface area contributed by atoms with Gasteiger partial charge in [-0.15, -0.1) is 0 Å². The minimum Gasteiger partial charge on any atom is -0.499 e. The minimum absolute atomic E-state index is 0.0872. The molecule has 124 valence electrons. The van der Waals surface area contributed by atoms with Crippen molar-refractivity contribution in [1.82, 2.24) is 0 Å². The smallest absolute Gasteiger partial charge is 0.378 e. The Morgan fingerprint density at radius 1 is 1.35 bits per heavy atom. The first-order valence-electron chi connectivity index (χ1n) is 7.19. The van der Waals surface area contributed by atoms with Gasteiger partial charge in [0.15, 0.2) is 17.7 Å². The molecule has 2 unspecified atom stereocenters. The van der Waals surface area contributed by atoms with Crippen LogP contribution in [-0.2, 0) is 30.3 Å². The van der Waals surface area contributed by atoms with Crippen LogP contribution in [0.2, 0.25) is 0 Å². The van der Waals surface area contributed by atoms with E-state index in [9.17, 15) is 9.90 Å². The Balaban J connectivity index is 1.72. The Bertz CT molecular complexity index is 636. The Kier molecular flexibility index (Phi) is 4.35. The van der Waals surface area contributed by atoms with Crippen LogP contribution in [0.5, 0.6) is 0 Å². The molecule has 1 saturated heterocycles. The summed E-state index contributed by atoms with van der Waals surface area (Å²) < 4.78 is 22.9. The molecule has 0 radical (unpaired) electrons. The lowest BCUT2D eigenvalue weighted by atomic mass is 10.1. The third kappa shape index (κ3) is 3.52. The van der Waals surface area contributed by atoms with E-state index >= 15 is 0 Å². The lowest BCUT2D eigenvalue weighted by molar-refractivity contribution is -0.163. The molecular weight excluding hydrogens is 368 g/mol. The number of rotatable bonds is 4. The zero-order chi connectivity index (χ0) is 16.6. The van der Waals surface area contributed by atoms with Crippen LogP contribution in [0, 0.1) is 0 Å². The number of aliphatic hydroxyl groups excluding tert-OH is 1. The number of benzene rings is 1. The van der Waals surface area contributed by atoms with Crippen molar-refractivity contribution in [2.75, 3.05) is 6.61 Å². The molecule has 0 aliphatic carbocycles. The summed E-state index contributed by atoms with van der Waals surface area (Å²) in [6, 6.07) is 7.54.